The molecule has 27 heavy (non-hydrogen) atoms. The molecule has 0 unspecified atom stereocenters. The summed E-state index contributed by atoms with van der Waals surface area (Å²) in [5, 5.41) is 9.51. The minimum Gasteiger partial charge on any atom is -0.478 e. The van der Waals surface area contributed by atoms with Crippen LogP contribution in [0.25, 0.3) is 0 Å². The summed E-state index contributed by atoms with van der Waals surface area (Å²) in [5.74, 6) is -1.23. The smallest absolute Gasteiger partial charge is 0.337 e. The van der Waals surface area contributed by atoms with Gasteiger partial charge in [0, 0.05) is 37.9 Å². The van der Waals surface area contributed by atoms with Crippen molar-refractivity contribution in [3.63, 3.8) is 0 Å². The van der Waals surface area contributed by atoms with Gasteiger partial charge in [-0.05, 0) is 38.0 Å². The number of rotatable bonds is 6. The average molecular weight is 396 g/mol. The summed E-state index contributed by atoms with van der Waals surface area (Å²) < 4.78 is 26.0. The SMILES string of the molecule is CCS(=O)(=O)Nc1ccc(N2CCN(C3CCCCC3)CC2)cc1C(=O)O. The highest BCUT2D eigenvalue weighted by molar-refractivity contribution is 7.92. The number of piperazine rings is 1. The van der Waals surface area contributed by atoms with Crippen molar-refractivity contribution in [3.8, 4) is 0 Å². The zero-order valence-corrected chi connectivity index (χ0v) is 16.7. The quantitative estimate of drug-likeness (QED) is 0.770. The van der Waals surface area contributed by atoms with Crippen molar-refractivity contribution in [1.29, 1.82) is 0 Å². The highest BCUT2D eigenvalue weighted by Crippen LogP contribution is 2.27. The van der Waals surface area contributed by atoms with Crippen molar-refractivity contribution in [2.75, 3.05) is 41.6 Å². The molecule has 2 N–H and O–H groups in total. The second-order valence-corrected chi connectivity index (χ2v) is 9.37. The van der Waals surface area contributed by atoms with Crippen LogP contribution in [0.5, 0.6) is 0 Å². The lowest BCUT2D eigenvalue weighted by Gasteiger charge is -2.41. The fourth-order valence-electron chi connectivity index (χ4n) is 4.03. The van der Waals surface area contributed by atoms with E-state index in [1.807, 2.05) is 0 Å². The lowest BCUT2D eigenvalue weighted by Crippen LogP contribution is -2.50. The van der Waals surface area contributed by atoms with Gasteiger partial charge in [0.2, 0.25) is 10.0 Å². The van der Waals surface area contributed by atoms with Crippen LogP contribution in [0.4, 0.5) is 11.4 Å². The van der Waals surface area contributed by atoms with E-state index in [9.17, 15) is 18.3 Å². The lowest BCUT2D eigenvalue weighted by atomic mass is 9.94. The number of carboxylic acid groups (broad SMARTS) is 1. The van der Waals surface area contributed by atoms with Crippen LogP contribution in [0.15, 0.2) is 18.2 Å². The number of hydrogen-bond donors (Lipinski definition) is 2. The molecule has 0 amide bonds. The van der Waals surface area contributed by atoms with Gasteiger partial charge in [0.1, 0.15) is 0 Å². The van der Waals surface area contributed by atoms with E-state index in [0.717, 1.165) is 31.9 Å². The zero-order chi connectivity index (χ0) is 19.4. The standard InChI is InChI=1S/C19H29N3O4S/c1-2-27(25,26)20-18-9-8-16(14-17(18)19(23)24)22-12-10-21(11-13-22)15-6-4-3-5-7-15/h8-9,14-15,20H,2-7,10-13H2,1H3,(H,23,24). The zero-order valence-electron chi connectivity index (χ0n) is 15.9. The van der Waals surface area contributed by atoms with Gasteiger partial charge in [0.15, 0.2) is 0 Å². The van der Waals surface area contributed by atoms with Crippen LogP contribution in [-0.4, -0.2) is 62.4 Å². The van der Waals surface area contributed by atoms with Crippen LogP contribution in [0.2, 0.25) is 0 Å². The molecule has 1 aliphatic carbocycles. The summed E-state index contributed by atoms with van der Waals surface area (Å²) in [4.78, 5) is 16.4. The van der Waals surface area contributed by atoms with E-state index < -0.39 is 16.0 Å². The van der Waals surface area contributed by atoms with Crippen molar-refractivity contribution in [2.24, 2.45) is 0 Å². The first kappa shape index (κ1) is 19.9. The first-order valence-corrected chi connectivity index (χ1v) is 11.4. The summed E-state index contributed by atoms with van der Waals surface area (Å²) in [5.41, 5.74) is 0.934. The van der Waals surface area contributed by atoms with Crippen molar-refractivity contribution < 1.29 is 18.3 Å². The average Bonchev–Trinajstić information content (AvgIpc) is 2.69. The number of nitrogens with zero attached hydrogens (tertiary/aromatic N) is 2. The normalized spacial score (nSPS) is 19.8. The van der Waals surface area contributed by atoms with Gasteiger partial charge in [0.25, 0.3) is 0 Å². The lowest BCUT2D eigenvalue weighted by molar-refractivity contribution is 0.0698. The maximum Gasteiger partial charge on any atom is 0.337 e. The predicted octanol–water partition coefficient (Wildman–Crippen LogP) is 2.60. The van der Waals surface area contributed by atoms with Crippen molar-refractivity contribution in [1.82, 2.24) is 4.90 Å². The molecule has 1 aromatic rings. The Morgan fingerprint density at radius 3 is 2.41 bits per heavy atom. The highest BCUT2D eigenvalue weighted by atomic mass is 32.2. The van der Waals surface area contributed by atoms with E-state index in [0.29, 0.717) is 6.04 Å². The Labute approximate surface area is 161 Å². The fourth-order valence-corrected chi connectivity index (χ4v) is 4.68. The van der Waals surface area contributed by atoms with Gasteiger partial charge in [-0.3, -0.25) is 9.62 Å². The molecule has 3 rings (SSSR count). The number of carboxylic acids is 1. The molecule has 8 heteroatoms. The van der Waals surface area contributed by atoms with Gasteiger partial charge in [-0.2, -0.15) is 0 Å². The molecule has 0 spiro atoms. The number of carbonyl (C=O) groups is 1. The molecule has 0 bridgehead atoms. The second-order valence-electron chi connectivity index (χ2n) is 7.36. The van der Waals surface area contributed by atoms with Crippen LogP contribution in [0, 0.1) is 0 Å². The van der Waals surface area contributed by atoms with Crippen LogP contribution in [0.1, 0.15) is 49.4 Å². The Balaban J connectivity index is 1.70. The predicted molar refractivity (Wildman–Crippen MR) is 107 cm³/mol. The van der Waals surface area contributed by atoms with E-state index >= 15 is 0 Å². The molecular formula is C19H29N3O4S. The summed E-state index contributed by atoms with van der Waals surface area (Å²) in [7, 11) is -3.52. The highest BCUT2D eigenvalue weighted by Gasteiger charge is 2.26. The fraction of sp³-hybridized carbons (Fsp3) is 0.632. The molecule has 1 saturated heterocycles. The summed E-state index contributed by atoms with van der Waals surface area (Å²) in [6.07, 6.45) is 6.57. The minimum atomic E-state index is -3.52. The topological polar surface area (TPSA) is 90.0 Å². The molecule has 150 valence electrons. The van der Waals surface area contributed by atoms with E-state index in [2.05, 4.69) is 14.5 Å². The third kappa shape index (κ3) is 4.93. The van der Waals surface area contributed by atoms with Crippen LogP contribution >= 0.6 is 0 Å². The molecule has 1 heterocycles. The molecule has 0 aromatic heterocycles. The van der Waals surface area contributed by atoms with Crippen LogP contribution < -0.4 is 9.62 Å². The van der Waals surface area contributed by atoms with E-state index in [1.54, 1.807) is 18.2 Å². The third-order valence-electron chi connectivity index (χ3n) is 5.65. The number of aromatic carboxylic acids is 1. The second kappa shape index (κ2) is 8.48. The van der Waals surface area contributed by atoms with Crippen molar-refractivity contribution >= 4 is 27.4 Å². The molecular weight excluding hydrogens is 366 g/mol. The van der Waals surface area contributed by atoms with Gasteiger partial charge in [-0.15, -0.1) is 0 Å². The molecule has 1 aliphatic heterocycles. The number of nitrogens with one attached hydrogen (secondary N) is 1. The number of anilines is 2. The third-order valence-corrected chi connectivity index (χ3v) is 6.94. The van der Waals surface area contributed by atoms with Crippen molar-refractivity contribution in [3.05, 3.63) is 23.8 Å². The van der Waals surface area contributed by atoms with Gasteiger partial charge in [0.05, 0.1) is 17.0 Å². The van der Waals surface area contributed by atoms with Crippen LogP contribution in [0.3, 0.4) is 0 Å². The molecule has 0 radical (unpaired) electrons. The maximum atomic E-state index is 11.8. The number of benzene rings is 1. The summed E-state index contributed by atoms with van der Waals surface area (Å²) >= 11 is 0. The van der Waals surface area contributed by atoms with Gasteiger partial charge < -0.3 is 10.0 Å². The molecule has 2 fully saturated rings. The Morgan fingerprint density at radius 1 is 1.15 bits per heavy atom. The maximum absolute atomic E-state index is 11.8. The van der Waals surface area contributed by atoms with Gasteiger partial charge in [-0.25, -0.2) is 13.2 Å². The van der Waals surface area contributed by atoms with Crippen molar-refractivity contribution in [2.45, 2.75) is 45.1 Å². The largest absolute Gasteiger partial charge is 0.478 e. The number of hydrogen-bond acceptors (Lipinski definition) is 5. The van der Waals surface area contributed by atoms with Gasteiger partial charge >= 0.3 is 5.97 Å². The minimum absolute atomic E-state index is 0.0146. The van der Waals surface area contributed by atoms with E-state index in [4.69, 9.17) is 0 Å². The first-order chi connectivity index (χ1) is 12.9. The van der Waals surface area contributed by atoms with E-state index in [-0.39, 0.29) is 17.0 Å². The molecule has 1 aromatic carbocycles. The molecule has 2 aliphatic rings. The molecule has 7 nitrogen and oxygen atoms in total. The summed E-state index contributed by atoms with van der Waals surface area (Å²) in [6.45, 7) is 5.20. The number of sulfonamides is 1. The Hall–Kier alpha value is -1.80. The molecule has 1 saturated carbocycles. The van der Waals surface area contributed by atoms with Crippen LogP contribution in [-0.2, 0) is 10.0 Å². The Kier molecular flexibility index (Phi) is 6.26. The first-order valence-electron chi connectivity index (χ1n) is 9.76. The van der Waals surface area contributed by atoms with E-state index in [1.165, 1.54) is 39.0 Å². The molecule has 0 atom stereocenters. The Bertz CT molecular complexity index is 767. The monoisotopic (exact) mass is 395 g/mol. The Morgan fingerprint density at radius 2 is 1.81 bits per heavy atom. The summed E-state index contributed by atoms with van der Waals surface area (Å²) in [6, 6.07) is 5.63. The van der Waals surface area contributed by atoms with Gasteiger partial charge in [-0.1, -0.05) is 19.3 Å².